The van der Waals surface area contributed by atoms with Crippen molar-refractivity contribution in [3.63, 3.8) is 0 Å². The van der Waals surface area contributed by atoms with Crippen molar-refractivity contribution in [3.8, 4) is 0 Å². The van der Waals surface area contributed by atoms with E-state index in [9.17, 15) is 9.59 Å². The smallest absolute Gasteiger partial charge is 0.251 e. The van der Waals surface area contributed by atoms with E-state index < -0.39 is 0 Å². The molecule has 2 aromatic rings. The van der Waals surface area contributed by atoms with Gasteiger partial charge in [0, 0.05) is 36.9 Å². The number of piperazine rings is 1. The maximum atomic E-state index is 13.0. The van der Waals surface area contributed by atoms with Crippen LogP contribution in [0.3, 0.4) is 0 Å². The predicted molar refractivity (Wildman–Crippen MR) is 107 cm³/mol. The van der Waals surface area contributed by atoms with Crippen LogP contribution in [0.1, 0.15) is 12.0 Å². The van der Waals surface area contributed by atoms with Crippen molar-refractivity contribution in [1.29, 1.82) is 0 Å². The third kappa shape index (κ3) is 3.45. The molecular formula is C21H22ClN3O2. The van der Waals surface area contributed by atoms with E-state index in [0.717, 1.165) is 42.5 Å². The Balaban J connectivity index is 1.45. The molecule has 2 aliphatic heterocycles. The number of carbonyl (C=O) groups is 2. The SMILES string of the molecule is Cc1ccccc1N1C(=O)C[C@@H](N2CCN(c3cccc(Cl)c3)CC2)C1=O. The number of nitrogens with zero attached hydrogens (tertiary/aromatic N) is 3. The normalized spacial score (nSPS) is 21.2. The second-order valence-corrected chi connectivity index (χ2v) is 7.51. The Labute approximate surface area is 164 Å². The topological polar surface area (TPSA) is 43.9 Å². The Bertz CT molecular complexity index is 877. The number of anilines is 2. The van der Waals surface area contributed by atoms with Gasteiger partial charge < -0.3 is 4.90 Å². The molecule has 2 fully saturated rings. The number of benzene rings is 2. The highest BCUT2D eigenvalue weighted by Crippen LogP contribution is 2.29. The Kier molecular flexibility index (Phi) is 4.89. The van der Waals surface area contributed by atoms with Gasteiger partial charge in [-0.05, 0) is 36.8 Å². The van der Waals surface area contributed by atoms with E-state index in [1.807, 2.05) is 55.5 Å². The van der Waals surface area contributed by atoms with E-state index in [1.54, 1.807) is 0 Å². The van der Waals surface area contributed by atoms with Crippen LogP contribution in [0.2, 0.25) is 5.02 Å². The third-order valence-electron chi connectivity index (χ3n) is 5.41. The number of aryl methyl sites for hydroxylation is 1. The molecule has 27 heavy (non-hydrogen) atoms. The molecule has 2 aromatic carbocycles. The van der Waals surface area contributed by atoms with Gasteiger partial charge in [0.15, 0.2) is 0 Å². The molecule has 4 rings (SSSR count). The molecule has 0 aromatic heterocycles. The summed E-state index contributed by atoms with van der Waals surface area (Å²) in [5.74, 6) is -0.220. The molecule has 0 N–H and O–H groups in total. The molecule has 6 heteroatoms. The third-order valence-corrected chi connectivity index (χ3v) is 5.64. The molecule has 2 saturated heterocycles. The van der Waals surface area contributed by atoms with Gasteiger partial charge in [0.2, 0.25) is 5.91 Å². The molecule has 0 radical (unpaired) electrons. The molecule has 140 valence electrons. The molecule has 0 aliphatic carbocycles. The van der Waals surface area contributed by atoms with Crippen molar-refractivity contribution >= 4 is 34.8 Å². The highest BCUT2D eigenvalue weighted by molar-refractivity contribution is 6.30. The highest BCUT2D eigenvalue weighted by Gasteiger charge is 2.43. The first-order chi connectivity index (χ1) is 13.0. The van der Waals surface area contributed by atoms with E-state index >= 15 is 0 Å². The molecule has 5 nitrogen and oxygen atoms in total. The zero-order chi connectivity index (χ0) is 19.0. The van der Waals surface area contributed by atoms with E-state index in [2.05, 4.69) is 9.80 Å². The number of rotatable bonds is 3. The van der Waals surface area contributed by atoms with Crippen LogP contribution >= 0.6 is 11.6 Å². The number of para-hydroxylation sites is 1. The lowest BCUT2D eigenvalue weighted by molar-refractivity contribution is -0.123. The average Bonchev–Trinajstić information content (AvgIpc) is 2.97. The van der Waals surface area contributed by atoms with Gasteiger partial charge in [0.05, 0.1) is 18.2 Å². The fraction of sp³-hybridized carbons (Fsp3) is 0.333. The first-order valence-electron chi connectivity index (χ1n) is 9.21. The minimum atomic E-state index is -0.362. The van der Waals surface area contributed by atoms with Gasteiger partial charge in [-0.2, -0.15) is 0 Å². The Morgan fingerprint density at radius 3 is 2.41 bits per heavy atom. The number of amides is 2. The van der Waals surface area contributed by atoms with Crippen LogP contribution in [-0.4, -0.2) is 48.9 Å². The first-order valence-corrected chi connectivity index (χ1v) is 9.59. The minimum Gasteiger partial charge on any atom is -0.369 e. The van der Waals surface area contributed by atoms with E-state index in [1.165, 1.54) is 4.90 Å². The summed E-state index contributed by atoms with van der Waals surface area (Å²) in [7, 11) is 0. The summed E-state index contributed by atoms with van der Waals surface area (Å²) < 4.78 is 0. The lowest BCUT2D eigenvalue weighted by atomic mass is 10.1. The van der Waals surface area contributed by atoms with Crippen molar-refractivity contribution in [3.05, 3.63) is 59.1 Å². The highest BCUT2D eigenvalue weighted by atomic mass is 35.5. The van der Waals surface area contributed by atoms with E-state index in [0.29, 0.717) is 5.69 Å². The molecule has 2 amide bonds. The molecular weight excluding hydrogens is 362 g/mol. The number of hydrogen-bond acceptors (Lipinski definition) is 4. The van der Waals surface area contributed by atoms with Crippen molar-refractivity contribution in [2.24, 2.45) is 0 Å². The summed E-state index contributed by atoms with van der Waals surface area (Å²) in [6.45, 7) is 5.04. The molecule has 0 unspecified atom stereocenters. The van der Waals surface area contributed by atoms with Crippen molar-refractivity contribution < 1.29 is 9.59 Å². The van der Waals surface area contributed by atoms with Crippen LogP contribution in [0.4, 0.5) is 11.4 Å². The average molecular weight is 384 g/mol. The van der Waals surface area contributed by atoms with Gasteiger partial charge in [0.25, 0.3) is 5.91 Å². The van der Waals surface area contributed by atoms with Crippen molar-refractivity contribution in [2.45, 2.75) is 19.4 Å². The van der Waals surface area contributed by atoms with E-state index in [-0.39, 0.29) is 24.3 Å². The maximum Gasteiger partial charge on any atom is 0.251 e. The van der Waals surface area contributed by atoms with Gasteiger partial charge in [-0.25, -0.2) is 4.90 Å². The number of carbonyl (C=O) groups excluding carboxylic acids is 2. The summed E-state index contributed by atoms with van der Waals surface area (Å²) >= 11 is 6.09. The van der Waals surface area contributed by atoms with Crippen LogP contribution in [0, 0.1) is 6.92 Å². The maximum absolute atomic E-state index is 13.0. The molecule has 0 spiro atoms. The zero-order valence-corrected chi connectivity index (χ0v) is 16.0. The number of imide groups is 1. The van der Waals surface area contributed by atoms with Crippen LogP contribution in [-0.2, 0) is 9.59 Å². The summed E-state index contributed by atoms with van der Waals surface area (Å²) in [4.78, 5) is 31.3. The van der Waals surface area contributed by atoms with Gasteiger partial charge in [-0.15, -0.1) is 0 Å². The number of hydrogen-bond donors (Lipinski definition) is 0. The Hall–Kier alpha value is -2.37. The molecule has 0 bridgehead atoms. The van der Waals surface area contributed by atoms with Crippen LogP contribution < -0.4 is 9.80 Å². The molecule has 0 saturated carbocycles. The number of halogens is 1. The summed E-state index contributed by atoms with van der Waals surface area (Å²) in [5.41, 5.74) is 2.73. The lowest BCUT2D eigenvalue weighted by Gasteiger charge is -2.38. The zero-order valence-electron chi connectivity index (χ0n) is 15.3. The summed E-state index contributed by atoms with van der Waals surface area (Å²) in [6, 6.07) is 15.0. The van der Waals surface area contributed by atoms with Crippen molar-refractivity contribution in [1.82, 2.24) is 4.90 Å². The second kappa shape index (κ2) is 7.33. The van der Waals surface area contributed by atoms with Gasteiger partial charge in [-0.3, -0.25) is 14.5 Å². The molecule has 1 atom stereocenters. The fourth-order valence-corrected chi connectivity index (χ4v) is 4.12. The Morgan fingerprint density at radius 1 is 0.963 bits per heavy atom. The standard InChI is InChI=1S/C21H22ClN3O2/c1-15-5-2-3-8-18(15)25-20(26)14-19(21(25)27)24-11-9-23(10-12-24)17-7-4-6-16(22)13-17/h2-8,13,19H,9-12,14H2,1H3/t19-/m1/s1. The Morgan fingerprint density at radius 2 is 1.70 bits per heavy atom. The minimum absolute atomic E-state index is 0.106. The van der Waals surface area contributed by atoms with Gasteiger partial charge in [0.1, 0.15) is 0 Å². The van der Waals surface area contributed by atoms with Crippen LogP contribution in [0.25, 0.3) is 0 Å². The van der Waals surface area contributed by atoms with Gasteiger partial charge >= 0.3 is 0 Å². The predicted octanol–water partition coefficient (Wildman–Crippen LogP) is 3.10. The monoisotopic (exact) mass is 383 g/mol. The van der Waals surface area contributed by atoms with E-state index in [4.69, 9.17) is 11.6 Å². The second-order valence-electron chi connectivity index (χ2n) is 7.08. The summed E-state index contributed by atoms with van der Waals surface area (Å²) in [6.07, 6.45) is 0.254. The van der Waals surface area contributed by atoms with Gasteiger partial charge in [-0.1, -0.05) is 35.9 Å². The quantitative estimate of drug-likeness (QED) is 0.764. The summed E-state index contributed by atoms with van der Waals surface area (Å²) in [5, 5.41) is 0.723. The van der Waals surface area contributed by atoms with Crippen LogP contribution in [0.5, 0.6) is 0 Å². The largest absolute Gasteiger partial charge is 0.369 e. The molecule has 2 aliphatic rings. The van der Waals surface area contributed by atoms with Crippen LogP contribution in [0.15, 0.2) is 48.5 Å². The first kappa shape index (κ1) is 18.0. The molecule has 2 heterocycles. The lowest BCUT2D eigenvalue weighted by Crippen LogP contribution is -2.52. The van der Waals surface area contributed by atoms with Crippen molar-refractivity contribution in [2.75, 3.05) is 36.0 Å². The fourth-order valence-electron chi connectivity index (χ4n) is 3.93.